The summed E-state index contributed by atoms with van der Waals surface area (Å²) >= 11 is 0. The summed E-state index contributed by atoms with van der Waals surface area (Å²) in [6.07, 6.45) is 17.3. The molecule has 0 aliphatic rings. The molecule has 0 bridgehead atoms. The number of carbonyl (C=O) groups is 2. The summed E-state index contributed by atoms with van der Waals surface area (Å²) in [6.45, 7) is 4.45. The van der Waals surface area contributed by atoms with E-state index in [9.17, 15) is 9.59 Å². The Morgan fingerprint density at radius 1 is 0.684 bits per heavy atom. The van der Waals surface area contributed by atoms with Gasteiger partial charge in [0.2, 0.25) is 5.91 Å². The number of hydrogen-bond acceptors (Lipinski definition) is 7. The second-order valence-electron chi connectivity index (χ2n) is 9.73. The third-order valence-corrected chi connectivity index (χ3v) is 6.30. The van der Waals surface area contributed by atoms with Gasteiger partial charge in [-0.3, -0.25) is 9.59 Å². The SMILES string of the molecule is CCCCCCCCCCCCCCCOCCOCCOC(=O)CCC(=O)Nc1ccc(B(O)O)cc1. The van der Waals surface area contributed by atoms with Crippen molar-refractivity contribution in [2.75, 3.05) is 38.4 Å². The van der Waals surface area contributed by atoms with Crippen LogP contribution in [0.4, 0.5) is 5.69 Å². The Morgan fingerprint density at radius 3 is 1.74 bits per heavy atom. The van der Waals surface area contributed by atoms with Crippen LogP contribution in [0.25, 0.3) is 0 Å². The first-order chi connectivity index (χ1) is 18.5. The number of benzene rings is 1. The van der Waals surface area contributed by atoms with E-state index in [1.54, 1.807) is 12.1 Å². The van der Waals surface area contributed by atoms with Gasteiger partial charge in [-0.05, 0) is 24.0 Å². The van der Waals surface area contributed by atoms with Crippen molar-refractivity contribution < 1.29 is 33.8 Å². The molecule has 9 heteroatoms. The molecule has 0 saturated carbocycles. The van der Waals surface area contributed by atoms with Crippen LogP contribution in [0, 0.1) is 0 Å². The zero-order valence-corrected chi connectivity index (χ0v) is 23.5. The largest absolute Gasteiger partial charge is 0.488 e. The summed E-state index contributed by atoms with van der Waals surface area (Å²) in [7, 11) is -1.56. The topological polar surface area (TPSA) is 114 Å². The summed E-state index contributed by atoms with van der Waals surface area (Å²) < 4.78 is 16.1. The van der Waals surface area contributed by atoms with E-state index in [1.165, 1.54) is 89.2 Å². The van der Waals surface area contributed by atoms with Gasteiger partial charge in [-0.2, -0.15) is 0 Å². The molecule has 0 spiro atoms. The minimum atomic E-state index is -1.56. The van der Waals surface area contributed by atoms with Crippen LogP contribution in [0.5, 0.6) is 0 Å². The highest BCUT2D eigenvalue weighted by Gasteiger charge is 2.11. The molecular weight excluding hydrogens is 485 g/mol. The number of esters is 1. The van der Waals surface area contributed by atoms with Gasteiger partial charge in [0.25, 0.3) is 0 Å². The van der Waals surface area contributed by atoms with Crippen LogP contribution < -0.4 is 10.8 Å². The van der Waals surface area contributed by atoms with E-state index in [0.717, 1.165) is 13.0 Å². The number of ether oxygens (including phenoxy) is 3. The maximum atomic E-state index is 11.9. The summed E-state index contributed by atoms with van der Waals surface area (Å²) in [5.74, 6) is -0.780. The lowest BCUT2D eigenvalue weighted by Crippen LogP contribution is -2.29. The van der Waals surface area contributed by atoms with Crippen LogP contribution >= 0.6 is 0 Å². The lowest BCUT2D eigenvalue weighted by molar-refractivity contribution is -0.146. The molecule has 1 aromatic carbocycles. The van der Waals surface area contributed by atoms with Crippen LogP contribution in [0.1, 0.15) is 103 Å². The van der Waals surface area contributed by atoms with Crippen molar-refractivity contribution in [1.82, 2.24) is 0 Å². The average molecular weight is 536 g/mol. The Hall–Kier alpha value is -1.94. The first-order valence-corrected chi connectivity index (χ1v) is 14.6. The van der Waals surface area contributed by atoms with Crippen LogP contribution in [0.2, 0.25) is 0 Å². The van der Waals surface area contributed by atoms with Gasteiger partial charge in [0.1, 0.15) is 6.61 Å². The molecule has 0 radical (unpaired) electrons. The first-order valence-electron chi connectivity index (χ1n) is 14.6. The monoisotopic (exact) mass is 535 g/mol. The fourth-order valence-corrected chi connectivity index (χ4v) is 4.01. The lowest BCUT2D eigenvalue weighted by Gasteiger charge is -2.08. The average Bonchev–Trinajstić information content (AvgIpc) is 2.91. The number of nitrogens with one attached hydrogen (secondary N) is 1. The second-order valence-corrected chi connectivity index (χ2v) is 9.73. The maximum Gasteiger partial charge on any atom is 0.488 e. The summed E-state index contributed by atoms with van der Waals surface area (Å²) in [4.78, 5) is 23.7. The van der Waals surface area contributed by atoms with Gasteiger partial charge < -0.3 is 29.6 Å². The normalized spacial score (nSPS) is 10.9. The quantitative estimate of drug-likeness (QED) is 0.0940. The third-order valence-electron chi connectivity index (χ3n) is 6.30. The fraction of sp³-hybridized carbons (Fsp3) is 0.724. The zero-order valence-electron chi connectivity index (χ0n) is 23.5. The highest BCUT2D eigenvalue weighted by Crippen LogP contribution is 2.12. The van der Waals surface area contributed by atoms with Crippen molar-refractivity contribution >= 4 is 30.1 Å². The predicted octanol–water partition coefficient (Wildman–Crippen LogP) is 4.75. The summed E-state index contributed by atoms with van der Waals surface area (Å²) in [5, 5.41) is 20.8. The molecule has 1 rings (SSSR count). The van der Waals surface area contributed by atoms with Gasteiger partial charge in [-0.15, -0.1) is 0 Å². The van der Waals surface area contributed by atoms with Gasteiger partial charge in [0, 0.05) is 18.7 Å². The van der Waals surface area contributed by atoms with Crippen LogP contribution in [-0.2, 0) is 23.8 Å². The van der Waals surface area contributed by atoms with E-state index < -0.39 is 13.1 Å². The number of anilines is 1. The van der Waals surface area contributed by atoms with Gasteiger partial charge >= 0.3 is 13.1 Å². The molecule has 0 aromatic heterocycles. The van der Waals surface area contributed by atoms with E-state index in [-0.39, 0.29) is 25.4 Å². The number of unbranched alkanes of at least 4 members (excludes halogenated alkanes) is 12. The van der Waals surface area contributed by atoms with Gasteiger partial charge in [0.15, 0.2) is 0 Å². The molecule has 3 N–H and O–H groups in total. The molecule has 216 valence electrons. The van der Waals surface area contributed by atoms with Crippen molar-refractivity contribution in [1.29, 1.82) is 0 Å². The smallest absolute Gasteiger partial charge is 0.463 e. The van der Waals surface area contributed by atoms with Crippen molar-refractivity contribution in [3.05, 3.63) is 24.3 Å². The first kappa shape index (κ1) is 34.1. The minimum Gasteiger partial charge on any atom is -0.463 e. The Balaban J connectivity index is 1.82. The third kappa shape index (κ3) is 20.1. The number of hydrogen-bond donors (Lipinski definition) is 3. The number of rotatable bonds is 25. The number of carbonyl (C=O) groups excluding carboxylic acids is 2. The molecule has 0 aliphatic heterocycles. The molecule has 0 heterocycles. The fourth-order valence-electron chi connectivity index (χ4n) is 4.01. The highest BCUT2D eigenvalue weighted by molar-refractivity contribution is 6.58. The van der Waals surface area contributed by atoms with E-state index in [2.05, 4.69) is 12.2 Å². The van der Waals surface area contributed by atoms with E-state index in [0.29, 0.717) is 31.0 Å². The van der Waals surface area contributed by atoms with Crippen LogP contribution in [0.15, 0.2) is 24.3 Å². The molecular formula is C29H50BNO7. The van der Waals surface area contributed by atoms with Crippen LogP contribution in [0.3, 0.4) is 0 Å². The van der Waals surface area contributed by atoms with Gasteiger partial charge in [0.05, 0.1) is 26.2 Å². The minimum absolute atomic E-state index is 0.00288. The Morgan fingerprint density at radius 2 is 1.18 bits per heavy atom. The predicted molar refractivity (Wildman–Crippen MR) is 152 cm³/mol. The van der Waals surface area contributed by atoms with Crippen molar-refractivity contribution in [2.24, 2.45) is 0 Å². The van der Waals surface area contributed by atoms with Gasteiger partial charge in [-0.1, -0.05) is 96.1 Å². The molecule has 1 aromatic rings. The molecule has 0 fully saturated rings. The van der Waals surface area contributed by atoms with Crippen molar-refractivity contribution in [3.8, 4) is 0 Å². The Labute approximate surface area is 230 Å². The van der Waals surface area contributed by atoms with Crippen LogP contribution in [-0.4, -0.2) is 62.1 Å². The summed E-state index contributed by atoms with van der Waals surface area (Å²) in [5.41, 5.74) is 0.840. The lowest BCUT2D eigenvalue weighted by atomic mass is 9.80. The standard InChI is InChI=1S/C29H50BNO7/c1-2-3-4-5-6-7-8-9-10-11-12-13-14-21-36-22-23-37-24-25-38-29(33)20-19-28(32)31-27-17-15-26(16-18-27)30(34)35/h15-18,34-35H,2-14,19-25H2,1H3,(H,31,32). The molecule has 0 aliphatic carbocycles. The Kier molecular flexibility index (Phi) is 21.6. The van der Waals surface area contributed by atoms with Crippen molar-refractivity contribution in [2.45, 2.75) is 103 Å². The highest BCUT2D eigenvalue weighted by atomic mass is 16.6. The van der Waals surface area contributed by atoms with Crippen molar-refractivity contribution in [3.63, 3.8) is 0 Å². The molecule has 38 heavy (non-hydrogen) atoms. The molecule has 8 nitrogen and oxygen atoms in total. The second kappa shape index (κ2) is 24.1. The molecule has 1 amide bonds. The van der Waals surface area contributed by atoms with E-state index in [4.69, 9.17) is 24.3 Å². The molecule has 0 saturated heterocycles. The van der Waals surface area contributed by atoms with E-state index in [1.807, 2.05) is 0 Å². The molecule has 0 atom stereocenters. The molecule has 0 unspecified atom stereocenters. The zero-order chi connectivity index (χ0) is 27.7. The summed E-state index contributed by atoms with van der Waals surface area (Å²) in [6, 6.07) is 6.12. The van der Waals surface area contributed by atoms with Gasteiger partial charge in [-0.25, -0.2) is 0 Å². The van der Waals surface area contributed by atoms with E-state index >= 15 is 0 Å². The number of amides is 1. The maximum absolute atomic E-state index is 11.9. The Bertz CT molecular complexity index is 715.